The van der Waals surface area contributed by atoms with Gasteiger partial charge in [-0.2, -0.15) is 0 Å². The molecule has 0 heterocycles. The monoisotopic (exact) mass is 477 g/mol. The number of carbonyl (C=O) groups excluding carboxylic acids is 1. The number of halogens is 1. The maximum Gasteiger partial charge on any atom is 0.227 e. The van der Waals surface area contributed by atoms with Gasteiger partial charge < -0.3 is 10.1 Å². The van der Waals surface area contributed by atoms with Crippen molar-refractivity contribution in [2.24, 2.45) is 11.8 Å². The van der Waals surface area contributed by atoms with Crippen LogP contribution in [0.25, 0.3) is 0 Å². The summed E-state index contributed by atoms with van der Waals surface area (Å²) >= 11 is 6.16. The van der Waals surface area contributed by atoms with Gasteiger partial charge in [0, 0.05) is 11.6 Å². The smallest absolute Gasteiger partial charge is 0.227 e. The fourth-order valence-corrected chi connectivity index (χ4v) is 6.57. The van der Waals surface area contributed by atoms with Crippen LogP contribution < -0.4 is 10.1 Å². The molecule has 5 nitrogen and oxygen atoms in total. The first-order valence-corrected chi connectivity index (χ1v) is 13.2. The number of carbonyl (C=O) groups is 1. The average molecular weight is 478 g/mol. The van der Waals surface area contributed by atoms with Crippen molar-refractivity contribution < 1.29 is 17.9 Å². The Morgan fingerprint density at radius 3 is 2.34 bits per heavy atom. The maximum atomic E-state index is 13.1. The van der Waals surface area contributed by atoms with E-state index in [1.165, 1.54) is 0 Å². The highest BCUT2D eigenvalue weighted by molar-refractivity contribution is 7.92. The van der Waals surface area contributed by atoms with Gasteiger partial charge in [0.05, 0.1) is 21.3 Å². The van der Waals surface area contributed by atoms with Crippen molar-refractivity contribution in [1.29, 1.82) is 0 Å². The van der Waals surface area contributed by atoms with Crippen molar-refractivity contribution in [1.82, 2.24) is 0 Å². The minimum atomic E-state index is -3.53. The highest BCUT2D eigenvalue weighted by Gasteiger charge is 2.34. The Bertz CT molecular complexity index is 1020. The van der Waals surface area contributed by atoms with Gasteiger partial charge in [-0.15, -0.1) is 0 Å². The van der Waals surface area contributed by atoms with Gasteiger partial charge in [0.2, 0.25) is 5.91 Å². The number of amides is 1. The molecule has 1 aliphatic rings. The molecular weight excluding hydrogens is 446 g/mol. The SMILES string of the molecule is CC(C)Oc1ccc(NC(=O)C2CCCC(C(C)S(=O)(=O)c3ccccc3Cl)CC2)cc1. The Kier molecular flexibility index (Phi) is 8.23. The molecule has 3 unspecified atom stereocenters. The summed E-state index contributed by atoms with van der Waals surface area (Å²) in [4.78, 5) is 13.0. The third-order valence-electron chi connectivity index (χ3n) is 6.17. The number of anilines is 1. The second kappa shape index (κ2) is 10.7. The first kappa shape index (κ1) is 24.6. The van der Waals surface area contributed by atoms with Crippen LogP contribution in [0.3, 0.4) is 0 Å². The lowest BCUT2D eigenvalue weighted by molar-refractivity contribution is -0.120. The molecule has 0 saturated heterocycles. The molecule has 2 aromatic carbocycles. The molecule has 174 valence electrons. The molecular formula is C25H32ClNO4S. The summed E-state index contributed by atoms with van der Waals surface area (Å²) in [6, 6.07) is 14.0. The van der Waals surface area contributed by atoms with Crippen LogP contribution in [0.2, 0.25) is 5.02 Å². The van der Waals surface area contributed by atoms with Gasteiger partial charge in [-0.05, 0) is 88.8 Å². The fourth-order valence-electron chi connectivity index (χ4n) is 4.32. The van der Waals surface area contributed by atoms with E-state index in [1.807, 2.05) is 38.1 Å². The zero-order chi connectivity index (χ0) is 23.3. The van der Waals surface area contributed by atoms with Gasteiger partial charge in [0.15, 0.2) is 9.84 Å². The van der Waals surface area contributed by atoms with Crippen LogP contribution in [0, 0.1) is 11.8 Å². The lowest BCUT2D eigenvalue weighted by Crippen LogP contribution is -2.27. The molecule has 3 rings (SSSR count). The summed E-state index contributed by atoms with van der Waals surface area (Å²) in [5, 5.41) is 2.71. The lowest BCUT2D eigenvalue weighted by atomic mass is 9.95. The average Bonchev–Trinajstić information content (AvgIpc) is 3.00. The minimum Gasteiger partial charge on any atom is -0.491 e. The maximum absolute atomic E-state index is 13.1. The van der Waals surface area contributed by atoms with Crippen molar-refractivity contribution in [2.45, 2.75) is 69.1 Å². The highest BCUT2D eigenvalue weighted by Crippen LogP contribution is 2.35. The topological polar surface area (TPSA) is 72.5 Å². The van der Waals surface area contributed by atoms with Gasteiger partial charge in [-0.25, -0.2) is 8.42 Å². The van der Waals surface area contributed by atoms with Gasteiger partial charge in [-0.1, -0.05) is 30.2 Å². The first-order chi connectivity index (χ1) is 15.2. The first-order valence-electron chi connectivity index (χ1n) is 11.2. The number of nitrogens with one attached hydrogen (secondary N) is 1. The zero-order valence-electron chi connectivity index (χ0n) is 18.9. The largest absolute Gasteiger partial charge is 0.491 e. The number of sulfone groups is 1. The van der Waals surface area contributed by atoms with E-state index >= 15 is 0 Å². The van der Waals surface area contributed by atoms with Gasteiger partial charge >= 0.3 is 0 Å². The molecule has 0 radical (unpaired) electrons. The van der Waals surface area contributed by atoms with Crippen molar-refractivity contribution in [3.63, 3.8) is 0 Å². The molecule has 1 saturated carbocycles. The quantitative estimate of drug-likeness (QED) is 0.487. The van der Waals surface area contributed by atoms with E-state index in [0.717, 1.165) is 30.7 Å². The van der Waals surface area contributed by atoms with E-state index in [1.54, 1.807) is 31.2 Å². The Labute approximate surface area is 196 Å². The third-order valence-corrected chi connectivity index (χ3v) is 8.95. The van der Waals surface area contributed by atoms with Crippen molar-refractivity contribution in [3.8, 4) is 5.75 Å². The molecule has 0 bridgehead atoms. The van der Waals surface area contributed by atoms with Crippen LogP contribution in [-0.4, -0.2) is 25.7 Å². The third kappa shape index (κ3) is 6.04. The lowest BCUT2D eigenvalue weighted by Gasteiger charge is -2.23. The van der Waals surface area contributed by atoms with Crippen LogP contribution in [-0.2, 0) is 14.6 Å². The van der Waals surface area contributed by atoms with Gasteiger partial charge in [0.25, 0.3) is 0 Å². The Morgan fingerprint density at radius 2 is 1.69 bits per heavy atom. The normalized spacial score (nSPS) is 20.4. The molecule has 0 spiro atoms. The minimum absolute atomic E-state index is 0.00142. The Balaban J connectivity index is 1.60. The highest BCUT2D eigenvalue weighted by atomic mass is 35.5. The van der Waals surface area contributed by atoms with E-state index in [-0.39, 0.29) is 33.8 Å². The summed E-state index contributed by atoms with van der Waals surface area (Å²) < 4.78 is 31.9. The summed E-state index contributed by atoms with van der Waals surface area (Å²) in [6.45, 7) is 5.70. The van der Waals surface area contributed by atoms with E-state index in [0.29, 0.717) is 12.8 Å². The van der Waals surface area contributed by atoms with E-state index in [2.05, 4.69) is 5.32 Å². The van der Waals surface area contributed by atoms with Crippen LogP contribution >= 0.6 is 11.6 Å². The van der Waals surface area contributed by atoms with Crippen LogP contribution in [0.4, 0.5) is 5.69 Å². The number of rotatable bonds is 7. The second-order valence-electron chi connectivity index (χ2n) is 8.83. The molecule has 1 N–H and O–H groups in total. The van der Waals surface area contributed by atoms with E-state index in [9.17, 15) is 13.2 Å². The molecule has 0 aromatic heterocycles. The van der Waals surface area contributed by atoms with Gasteiger partial charge in [0.1, 0.15) is 5.75 Å². The van der Waals surface area contributed by atoms with Crippen LogP contribution in [0.5, 0.6) is 5.75 Å². The Morgan fingerprint density at radius 1 is 1.00 bits per heavy atom. The van der Waals surface area contributed by atoms with E-state index in [4.69, 9.17) is 16.3 Å². The molecule has 32 heavy (non-hydrogen) atoms. The predicted octanol–water partition coefficient (Wildman–Crippen LogP) is 6.12. The summed E-state index contributed by atoms with van der Waals surface area (Å²) in [5.41, 5.74) is 0.738. The number of ether oxygens (including phenoxy) is 1. The molecule has 3 atom stereocenters. The molecule has 7 heteroatoms. The van der Waals surface area contributed by atoms with E-state index < -0.39 is 15.1 Å². The predicted molar refractivity (Wildman–Crippen MR) is 129 cm³/mol. The van der Waals surface area contributed by atoms with Crippen molar-refractivity contribution >= 4 is 33.0 Å². The summed E-state index contributed by atoms with van der Waals surface area (Å²) in [5.74, 6) is 0.636. The number of hydrogen-bond acceptors (Lipinski definition) is 4. The number of hydrogen-bond donors (Lipinski definition) is 1. The zero-order valence-corrected chi connectivity index (χ0v) is 20.5. The molecule has 0 aliphatic heterocycles. The molecule has 1 fully saturated rings. The van der Waals surface area contributed by atoms with Crippen LogP contribution in [0.15, 0.2) is 53.4 Å². The van der Waals surface area contributed by atoms with Crippen molar-refractivity contribution in [2.75, 3.05) is 5.32 Å². The number of benzene rings is 2. The second-order valence-corrected chi connectivity index (χ2v) is 11.5. The molecule has 1 aliphatic carbocycles. The fraction of sp³-hybridized carbons (Fsp3) is 0.480. The summed E-state index contributed by atoms with van der Waals surface area (Å²) in [7, 11) is -3.53. The molecule has 1 amide bonds. The summed E-state index contributed by atoms with van der Waals surface area (Å²) in [6.07, 6.45) is 3.84. The molecule has 2 aromatic rings. The standard InChI is InChI=1S/C25H32ClNO4S/c1-17(2)31-22-15-13-21(14-16-22)27-25(28)20-8-6-7-19(11-12-20)18(3)32(29,30)24-10-5-4-9-23(24)26/h4-5,9-10,13-20H,6-8,11-12H2,1-3H3,(H,27,28). The van der Waals surface area contributed by atoms with Gasteiger partial charge in [-0.3, -0.25) is 4.79 Å². The van der Waals surface area contributed by atoms with Crippen molar-refractivity contribution in [3.05, 3.63) is 53.6 Å². The van der Waals surface area contributed by atoms with Crippen LogP contribution in [0.1, 0.15) is 52.9 Å². The Hall–Kier alpha value is -2.05.